The summed E-state index contributed by atoms with van der Waals surface area (Å²) in [7, 11) is 1.89. The van der Waals surface area contributed by atoms with Crippen molar-refractivity contribution < 1.29 is 10.2 Å². The van der Waals surface area contributed by atoms with Gasteiger partial charge in [-0.3, -0.25) is 9.69 Å². The van der Waals surface area contributed by atoms with E-state index in [1.807, 2.05) is 16.5 Å². The number of aromatic nitrogens is 1. The molecule has 5 heteroatoms. The van der Waals surface area contributed by atoms with Gasteiger partial charge in [0.1, 0.15) is 0 Å². The Labute approximate surface area is 114 Å². The lowest BCUT2D eigenvalue weighted by molar-refractivity contribution is 0.214. The highest BCUT2D eigenvalue weighted by Crippen LogP contribution is 2.09. The third-order valence-corrected chi connectivity index (χ3v) is 3.11. The zero-order valence-electron chi connectivity index (χ0n) is 11.8. The Kier molecular flexibility index (Phi) is 6.59. The summed E-state index contributed by atoms with van der Waals surface area (Å²) in [5.74, 6) is -0.204. The molecule has 1 aromatic heterocycles. The number of aliphatic hydroxyl groups excluding tert-OH is 1. The van der Waals surface area contributed by atoms with Crippen molar-refractivity contribution in [3.8, 4) is 5.75 Å². The van der Waals surface area contributed by atoms with Crippen LogP contribution >= 0.6 is 0 Å². The predicted octanol–water partition coefficient (Wildman–Crippen LogP) is 1.17. The summed E-state index contributed by atoms with van der Waals surface area (Å²) in [5.41, 5.74) is 0.522. The Morgan fingerprint density at radius 3 is 2.74 bits per heavy atom. The molecular formula is C14H24N2O3. The topological polar surface area (TPSA) is 65.7 Å². The van der Waals surface area contributed by atoms with E-state index in [-0.39, 0.29) is 17.8 Å². The normalized spacial score (nSPS) is 11.2. The van der Waals surface area contributed by atoms with E-state index >= 15 is 0 Å². The molecule has 0 unspecified atom stereocenters. The van der Waals surface area contributed by atoms with Crippen LogP contribution in [-0.4, -0.2) is 39.9 Å². The molecule has 2 N–H and O–H groups in total. The minimum Gasteiger partial charge on any atom is -0.503 e. The van der Waals surface area contributed by atoms with E-state index in [1.165, 1.54) is 12.3 Å². The van der Waals surface area contributed by atoms with Gasteiger partial charge in [0.2, 0.25) is 5.43 Å². The Bertz CT molecular complexity index is 443. The summed E-state index contributed by atoms with van der Waals surface area (Å²) in [5, 5.41) is 18.4. The molecule has 0 aliphatic carbocycles. The summed E-state index contributed by atoms with van der Waals surface area (Å²) < 4.78 is 1.93. The number of hydrogen-bond donors (Lipinski definition) is 2. The zero-order valence-corrected chi connectivity index (χ0v) is 11.8. The quantitative estimate of drug-likeness (QED) is 0.695. The average Bonchev–Trinajstić information content (AvgIpc) is 2.35. The fraction of sp³-hybridized carbons (Fsp3) is 0.643. The van der Waals surface area contributed by atoms with Gasteiger partial charge in [0.05, 0.1) is 12.8 Å². The van der Waals surface area contributed by atoms with Gasteiger partial charge in [-0.25, -0.2) is 0 Å². The molecule has 5 nitrogen and oxygen atoms in total. The molecule has 0 saturated carbocycles. The standard InChI is InChI=1S/C14H24N2O3/c1-3-4-5-6-16-11-14(19)13(18)9-12(16)10-15(2)7-8-17/h9,11,17,19H,3-8,10H2,1-2H3. The minimum atomic E-state index is -0.348. The van der Waals surface area contributed by atoms with Crippen LogP contribution in [0, 0.1) is 0 Å². The van der Waals surface area contributed by atoms with Crippen molar-refractivity contribution in [3.63, 3.8) is 0 Å². The van der Waals surface area contributed by atoms with Gasteiger partial charge in [-0.2, -0.15) is 0 Å². The molecule has 0 aliphatic rings. The molecule has 0 atom stereocenters. The molecule has 0 amide bonds. The van der Waals surface area contributed by atoms with E-state index in [2.05, 4.69) is 6.92 Å². The molecule has 19 heavy (non-hydrogen) atoms. The van der Waals surface area contributed by atoms with Crippen LogP contribution in [0.4, 0.5) is 0 Å². The van der Waals surface area contributed by atoms with Crippen molar-refractivity contribution in [2.75, 3.05) is 20.2 Å². The van der Waals surface area contributed by atoms with Crippen molar-refractivity contribution in [2.45, 2.75) is 39.3 Å². The molecule has 1 rings (SSSR count). The van der Waals surface area contributed by atoms with Gasteiger partial charge in [-0.15, -0.1) is 0 Å². The lowest BCUT2D eigenvalue weighted by Gasteiger charge is -2.19. The Morgan fingerprint density at radius 1 is 1.37 bits per heavy atom. The number of unbranched alkanes of at least 4 members (excludes halogenated alkanes) is 2. The molecule has 1 aromatic rings. The average molecular weight is 268 g/mol. The highest BCUT2D eigenvalue weighted by molar-refractivity contribution is 5.20. The van der Waals surface area contributed by atoms with Crippen LogP contribution in [0.25, 0.3) is 0 Å². The molecule has 0 aromatic carbocycles. The second-order valence-corrected chi connectivity index (χ2v) is 4.88. The van der Waals surface area contributed by atoms with Crippen molar-refractivity contribution in [1.82, 2.24) is 9.47 Å². The molecule has 1 heterocycles. The van der Waals surface area contributed by atoms with Gasteiger partial charge in [-0.1, -0.05) is 19.8 Å². The van der Waals surface area contributed by atoms with E-state index in [9.17, 15) is 9.90 Å². The monoisotopic (exact) mass is 268 g/mol. The molecule has 0 bridgehead atoms. The van der Waals surface area contributed by atoms with Gasteiger partial charge in [0.25, 0.3) is 0 Å². The van der Waals surface area contributed by atoms with Crippen LogP contribution in [0.2, 0.25) is 0 Å². The van der Waals surface area contributed by atoms with Crippen LogP contribution < -0.4 is 5.43 Å². The molecular weight excluding hydrogens is 244 g/mol. The minimum absolute atomic E-state index is 0.0919. The molecule has 0 spiro atoms. The molecule has 0 saturated heterocycles. The highest BCUT2D eigenvalue weighted by atomic mass is 16.3. The van der Waals surface area contributed by atoms with Crippen molar-refractivity contribution >= 4 is 0 Å². The molecule has 0 radical (unpaired) electrons. The van der Waals surface area contributed by atoms with E-state index in [4.69, 9.17) is 5.11 Å². The first-order chi connectivity index (χ1) is 9.08. The number of aryl methyl sites for hydroxylation is 1. The Morgan fingerprint density at radius 2 is 2.11 bits per heavy atom. The summed E-state index contributed by atoms with van der Waals surface area (Å²) in [4.78, 5) is 13.5. The van der Waals surface area contributed by atoms with Gasteiger partial charge in [-0.05, 0) is 13.5 Å². The second kappa shape index (κ2) is 7.96. The first kappa shape index (κ1) is 15.7. The number of aliphatic hydroxyl groups is 1. The van der Waals surface area contributed by atoms with Gasteiger partial charge in [0.15, 0.2) is 5.75 Å². The third-order valence-electron chi connectivity index (χ3n) is 3.11. The van der Waals surface area contributed by atoms with Crippen LogP contribution in [-0.2, 0) is 13.1 Å². The summed E-state index contributed by atoms with van der Waals surface area (Å²) in [6, 6.07) is 1.48. The Hall–Kier alpha value is -1.33. The first-order valence-electron chi connectivity index (χ1n) is 6.80. The number of pyridine rings is 1. The largest absolute Gasteiger partial charge is 0.503 e. The van der Waals surface area contributed by atoms with Gasteiger partial charge < -0.3 is 14.8 Å². The van der Waals surface area contributed by atoms with Crippen LogP contribution in [0.15, 0.2) is 17.1 Å². The van der Waals surface area contributed by atoms with Crippen LogP contribution in [0.3, 0.4) is 0 Å². The first-order valence-corrected chi connectivity index (χ1v) is 6.80. The number of rotatable bonds is 8. The number of aromatic hydroxyl groups is 1. The number of nitrogens with zero attached hydrogens (tertiary/aromatic N) is 2. The Balaban J connectivity index is 2.86. The SMILES string of the molecule is CCCCCn1cc(O)c(=O)cc1CN(C)CCO. The van der Waals surface area contributed by atoms with Crippen molar-refractivity contribution in [3.05, 3.63) is 28.2 Å². The second-order valence-electron chi connectivity index (χ2n) is 4.88. The van der Waals surface area contributed by atoms with Crippen LogP contribution in [0.1, 0.15) is 31.9 Å². The van der Waals surface area contributed by atoms with E-state index in [0.29, 0.717) is 13.1 Å². The number of likely N-dealkylation sites (N-methyl/N-ethyl adjacent to an activating group) is 1. The van der Waals surface area contributed by atoms with Crippen molar-refractivity contribution in [1.29, 1.82) is 0 Å². The molecule has 0 aliphatic heterocycles. The van der Waals surface area contributed by atoms with E-state index in [1.54, 1.807) is 0 Å². The van der Waals surface area contributed by atoms with E-state index < -0.39 is 0 Å². The maximum atomic E-state index is 11.5. The molecule has 108 valence electrons. The maximum Gasteiger partial charge on any atom is 0.223 e. The summed E-state index contributed by atoms with van der Waals surface area (Å²) >= 11 is 0. The number of hydrogen-bond acceptors (Lipinski definition) is 4. The summed E-state index contributed by atoms with van der Waals surface area (Å²) in [6.45, 7) is 4.17. The smallest absolute Gasteiger partial charge is 0.223 e. The van der Waals surface area contributed by atoms with Crippen molar-refractivity contribution in [2.24, 2.45) is 0 Å². The zero-order chi connectivity index (χ0) is 14.3. The van der Waals surface area contributed by atoms with Gasteiger partial charge in [0, 0.05) is 31.4 Å². The van der Waals surface area contributed by atoms with E-state index in [0.717, 1.165) is 31.5 Å². The fourth-order valence-electron chi connectivity index (χ4n) is 2.01. The highest BCUT2D eigenvalue weighted by Gasteiger charge is 2.08. The lowest BCUT2D eigenvalue weighted by atomic mass is 10.2. The third kappa shape index (κ3) is 5.04. The molecule has 0 fully saturated rings. The fourth-order valence-corrected chi connectivity index (χ4v) is 2.01. The predicted molar refractivity (Wildman–Crippen MR) is 75.3 cm³/mol. The maximum absolute atomic E-state index is 11.5. The van der Waals surface area contributed by atoms with Crippen LogP contribution in [0.5, 0.6) is 5.75 Å². The van der Waals surface area contributed by atoms with Gasteiger partial charge >= 0.3 is 0 Å². The lowest BCUT2D eigenvalue weighted by Crippen LogP contribution is -2.25. The summed E-state index contributed by atoms with van der Waals surface area (Å²) in [6.07, 6.45) is 4.79.